The van der Waals surface area contributed by atoms with Gasteiger partial charge in [0.05, 0.1) is 6.54 Å². The highest BCUT2D eigenvalue weighted by Gasteiger charge is 2.22. The zero-order valence-electron chi connectivity index (χ0n) is 11.5. The Morgan fingerprint density at radius 2 is 2.05 bits per heavy atom. The molecule has 1 saturated heterocycles. The molecule has 19 heavy (non-hydrogen) atoms. The molecule has 1 heterocycles. The monoisotopic (exact) mass is 262 g/mol. The van der Waals surface area contributed by atoms with E-state index in [2.05, 4.69) is 41.0 Å². The fraction of sp³-hybridized carbons (Fsp3) is 0.533. The Morgan fingerprint density at radius 3 is 2.74 bits per heavy atom. The number of carboxylic acid groups (broad SMARTS) is 1. The van der Waals surface area contributed by atoms with Gasteiger partial charge in [-0.25, -0.2) is 0 Å². The quantitative estimate of drug-likeness (QED) is 0.896. The van der Waals surface area contributed by atoms with Crippen molar-refractivity contribution in [3.05, 3.63) is 35.9 Å². The van der Waals surface area contributed by atoms with E-state index in [4.69, 9.17) is 5.11 Å². The van der Waals surface area contributed by atoms with Crippen LogP contribution in [0, 0.1) is 0 Å². The van der Waals surface area contributed by atoms with Crippen molar-refractivity contribution in [1.82, 2.24) is 9.80 Å². The van der Waals surface area contributed by atoms with E-state index in [1.54, 1.807) is 0 Å². The van der Waals surface area contributed by atoms with Crippen LogP contribution in [0.4, 0.5) is 0 Å². The smallest absolute Gasteiger partial charge is 0.317 e. The molecule has 1 fully saturated rings. The minimum absolute atomic E-state index is 0.153. The van der Waals surface area contributed by atoms with Crippen LogP contribution >= 0.6 is 0 Å². The SMILES string of the molecule is CC1CN(Cc2ccccc2)CCCN1CC(=O)O. The summed E-state index contributed by atoms with van der Waals surface area (Å²) in [5.41, 5.74) is 1.32. The molecule has 0 spiro atoms. The van der Waals surface area contributed by atoms with Crippen LogP contribution in [-0.4, -0.2) is 53.1 Å². The molecule has 1 atom stereocenters. The van der Waals surface area contributed by atoms with Gasteiger partial charge in [0.1, 0.15) is 0 Å². The molecule has 0 radical (unpaired) electrons. The third-order valence-corrected chi connectivity index (χ3v) is 3.65. The van der Waals surface area contributed by atoms with Crippen molar-refractivity contribution in [2.45, 2.75) is 25.9 Å². The van der Waals surface area contributed by atoms with Crippen molar-refractivity contribution in [2.75, 3.05) is 26.2 Å². The summed E-state index contributed by atoms with van der Waals surface area (Å²) in [6.07, 6.45) is 1.03. The summed E-state index contributed by atoms with van der Waals surface area (Å²) in [6.45, 7) is 6.06. The summed E-state index contributed by atoms with van der Waals surface area (Å²) in [7, 11) is 0. The van der Waals surface area contributed by atoms with Gasteiger partial charge in [-0.2, -0.15) is 0 Å². The summed E-state index contributed by atoms with van der Waals surface area (Å²) in [5.74, 6) is -0.733. The predicted octanol–water partition coefficient (Wildman–Crippen LogP) is 1.67. The second-order valence-electron chi connectivity index (χ2n) is 5.29. The van der Waals surface area contributed by atoms with Gasteiger partial charge < -0.3 is 5.11 Å². The molecule has 0 amide bonds. The number of carboxylic acids is 1. The van der Waals surface area contributed by atoms with Crippen LogP contribution in [0.15, 0.2) is 30.3 Å². The average Bonchev–Trinajstić information content (AvgIpc) is 2.53. The first-order valence-electron chi connectivity index (χ1n) is 6.87. The van der Waals surface area contributed by atoms with Crippen LogP contribution in [0.25, 0.3) is 0 Å². The van der Waals surface area contributed by atoms with Gasteiger partial charge in [0.25, 0.3) is 0 Å². The molecule has 1 unspecified atom stereocenters. The molecule has 0 bridgehead atoms. The Bertz CT molecular complexity index is 408. The van der Waals surface area contributed by atoms with Crippen molar-refractivity contribution in [1.29, 1.82) is 0 Å². The number of carbonyl (C=O) groups is 1. The summed E-state index contributed by atoms with van der Waals surface area (Å²) in [5, 5.41) is 8.92. The second kappa shape index (κ2) is 6.68. The maximum atomic E-state index is 10.8. The predicted molar refractivity (Wildman–Crippen MR) is 75.0 cm³/mol. The lowest BCUT2D eigenvalue weighted by molar-refractivity contribution is -0.138. The average molecular weight is 262 g/mol. The highest BCUT2D eigenvalue weighted by Crippen LogP contribution is 2.12. The molecule has 1 aromatic carbocycles. The Hall–Kier alpha value is -1.39. The molecular weight excluding hydrogens is 240 g/mol. The summed E-state index contributed by atoms with van der Waals surface area (Å²) in [4.78, 5) is 15.3. The Morgan fingerprint density at radius 1 is 1.32 bits per heavy atom. The molecule has 104 valence electrons. The van der Waals surface area contributed by atoms with Crippen LogP contribution in [-0.2, 0) is 11.3 Å². The Balaban J connectivity index is 1.92. The molecule has 0 aromatic heterocycles. The van der Waals surface area contributed by atoms with Gasteiger partial charge in [-0.15, -0.1) is 0 Å². The lowest BCUT2D eigenvalue weighted by atomic mass is 10.2. The zero-order chi connectivity index (χ0) is 13.7. The largest absolute Gasteiger partial charge is 0.480 e. The molecule has 1 aliphatic rings. The van der Waals surface area contributed by atoms with E-state index in [1.807, 2.05) is 6.07 Å². The summed E-state index contributed by atoms with van der Waals surface area (Å²) >= 11 is 0. The standard InChI is InChI=1S/C15H22N2O2/c1-13-10-16(11-14-6-3-2-4-7-14)8-5-9-17(13)12-15(18)19/h2-4,6-7,13H,5,8-12H2,1H3,(H,18,19). The van der Waals surface area contributed by atoms with Crippen LogP contribution in [0.2, 0.25) is 0 Å². The van der Waals surface area contributed by atoms with Crippen molar-refractivity contribution in [3.63, 3.8) is 0 Å². The fourth-order valence-electron chi connectivity index (χ4n) is 2.69. The number of nitrogens with zero attached hydrogens (tertiary/aromatic N) is 2. The van der Waals surface area contributed by atoms with Crippen LogP contribution in [0.1, 0.15) is 18.9 Å². The number of hydrogen-bond donors (Lipinski definition) is 1. The van der Waals surface area contributed by atoms with Gasteiger partial charge in [-0.1, -0.05) is 30.3 Å². The van der Waals surface area contributed by atoms with Gasteiger partial charge in [-0.3, -0.25) is 14.6 Å². The first-order chi connectivity index (χ1) is 9.15. The fourth-order valence-corrected chi connectivity index (χ4v) is 2.69. The zero-order valence-corrected chi connectivity index (χ0v) is 11.5. The lowest BCUT2D eigenvalue weighted by Crippen LogP contribution is -2.41. The summed E-state index contributed by atoms with van der Waals surface area (Å²) in [6, 6.07) is 10.7. The van der Waals surface area contributed by atoms with Crippen LogP contribution in [0.3, 0.4) is 0 Å². The van der Waals surface area contributed by atoms with E-state index < -0.39 is 5.97 Å². The van der Waals surface area contributed by atoms with Gasteiger partial charge in [-0.05, 0) is 25.5 Å². The van der Waals surface area contributed by atoms with Gasteiger partial charge >= 0.3 is 5.97 Å². The van der Waals surface area contributed by atoms with E-state index in [0.717, 1.165) is 32.6 Å². The van der Waals surface area contributed by atoms with E-state index in [1.165, 1.54) is 5.56 Å². The second-order valence-corrected chi connectivity index (χ2v) is 5.29. The molecule has 1 N–H and O–H groups in total. The van der Waals surface area contributed by atoms with Gasteiger partial charge in [0.2, 0.25) is 0 Å². The molecule has 4 nitrogen and oxygen atoms in total. The highest BCUT2D eigenvalue weighted by molar-refractivity contribution is 5.69. The van der Waals surface area contributed by atoms with Crippen molar-refractivity contribution in [3.8, 4) is 0 Å². The van der Waals surface area contributed by atoms with E-state index in [0.29, 0.717) is 6.04 Å². The van der Waals surface area contributed by atoms with E-state index in [9.17, 15) is 4.79 Å². The Kier molecular flexibility index (Phi) is 4.93. The van der Waals surface area contributed by atoms with Crippen LogP contribution < -0.4 is 0 Å². The highest BCUT2D eigenvalue weighted by atomic mass is 16.4. The maximum absolute atomic E-state index is 10.8. The van der Waals surface area contributed by atoms with Crippen LogP contribution in [0.5, 0.6) is 0 Å². The summed E-state index contributed by atoms with van der Waals surface area (Å²) < 4.78 is 0. The Labute approximate surface area is 114 Å². The number of hydrogen-bond acceptors (Lipinski definition) is 3. The third-order valence-electron chi connectivity index (χ3n) is 3.65. The van der Waals surface area contributed by atoms with Crippen molar-refractivity contribution < 1.29 is 9.90 Å². The van der Waals surface area contributed by atoms with Gasteiger partial charge in [0, 0.05) is 25.7 Å². The first-order valence-corrected chi connectivity index (χ1v) is 6.87. The minimum Gasteiger partial charge on any atom is -0.480 e. The van der Waals surface area contributed by atoms with E-state index in [-0.39, 0.29) is 6.54 Å². The lowest BCUT2D eigenvalue weighted by Gasteiger charge is -2.27. The molecule has 0 saturated carbocycles. The molecular formula is C15H22N2O2. The molecule has 0 aliphatic carbocycles. The third kappa shape index (κ3) is 4.33. The maximum Gasteiger partial charge on any atom is 0.317 e. The normalized spacial score (nSPS) is 22.1. The number of rotatable bonds is 4. The van der Waals surface area contributed by atoms with Crippen molar-refractivity contribution >= 4 is 5.97 Å². The van der Waals surface area contributed by atoms with Crippen molar-refractivity contribution in [2.24, 2.45) is 0 Å². The number of benzene rings is 1. The molecule has 4 heteroatoms. The van der Waals surface area contributed by atoms with Gasteiger partial charge in [0.15, 0.2) is 0 Å². The topological polar surface area (TPSA) is 43.8 Å². The van der Waals surface area contributed by atoms with E-state index >= 15 is 0 Å². The molecule has 2 rings (SSSR count). The minimum atomic E-state index is -0.733. The first kappa shape index (κ1) is 14.0. The molecule has 1 aliphatic heterocycles. The number of aliphatic carboxylic acids is 1. The molecule has 1 aromatic rings.